The minimum absolute atomic E-state index is 0.0213. The van der Waals surface area contributed by atoms with Gasteiger partial charge in [0.25, 0.3) is 11.8 Å². The maximum Gasteiger partial charge on any atom is 0.271 e. The van der Waals surface area contributed by atoms with E-state index >= 15 is 0 Å². The number of aromatic nitrogens is 4. The van der Waals surface area contributed by atoms with E-state index < -0.39 is 17.6 Å². The fraction of sp³-hybridized carbons (Fsp3) is 0.423. The molecule has 1 saturated carbocycles. The Morgan fingerprint density at radius 2 is 2.00 bits per heavy atom. The first kappa shape index (κ1) is 24.7. The van der Waals surface area contributed by atoms with E-state index in [9.17, 15) is 14.0 Å². The molecule has 2 aliphatic rings. The van der Waals surface area contributed by atoms with Gasteiger partial charge >= 0.3 is 0 Å². The van der Waals surface area contributed by atoms with Crippen LogP contribution < -0.4 is 21.3 Å². The molecule has 10 nitrogen and oxygen atoms in total. The van der Waals surface area contributed by atoms with Crippen LogP contribution in [-0.2, 0) is 0 Å². The lowest BCUT2D eigenvalue weighted by Gasteiger charge is -2.34. The van der Waals surface area contributed by atoms with E-state index in [1.54, 1.807) is 16.9 Å². The van der Waals surface area contributed by atoms with Crippen LogP contribution in [0.4, 0.5) is 21.7 Å². The SMILES string of the molecule is CC(C)n1cc(Nc2nc(N3CCC[C@@H](NC(=O)c4ccc(C5CC5)cc4F)C3)cnc2C(N)=O)cn1. The largest absolute Gasteiger partial charge is 0.364 e. The molecule has 2 amide bonds. The van der Waals surface area contributed by atoms with Crippen LogP contribution >= 0.6 is 0 Å². The van der Waals surface area contributed by atoms with Gasteiger partial charge in [-0.15, -0.1) is 0 Å². The van der Waals surface area contributed by atoms with Crippen molar-refractivity contribution in [2.45, 2.75) is 57.5 Å². The summed E-state index contributed by atoms with van der Waals surface area (Å²) in [5, 5.41) is 10.4. The maximum atomic E-state index is 14.6. The van der Waals surface area contributed by atoms with E-state index in [2.05, 4.69) is 25.7 Å². The van der Waals surface area contributed by atoms with Gasteiger partial charge in [0.1, 0.15) is 11.6 Å². The lowest BCUT2D eigenvalue weighted by molar-refractivity contribution is 0.0927. The normalized spacial score (nSPS) is 17.6. The summed E-state index contributed by atoms with van der Waals surface area (Å²) in [6, 6.07) is 4.88. The third-order valence-electron chi connectivity index (χ3n) is 6.75. The Hall–Kier alpha value is -4.02. The molecule has 1 aliphatic carbocycles. The molecule has 0 radical (unpaired) electrons. The van der Waals surface area contributed by atoms with E-state index in [0.29, 0.717) is 30.5 Å². The first-order chi connectivity index (χ1) is 17.8. The summed E-state index contributed by atoms with van der Waals surface area (Å²) < 4.78 is 16.4. The molecule has 2 aromatic heterocycles. The molecule has 1 saturated heterocycles. The zero-order chi connectivity index (χ0) is 26.1. The van der Waals surface area contributed by atoms with Crippen LogP contribution in [-0.4, -0.2) is 50.7 Å². The third kappa shape index (κ3) is 5.55. The fourth-order valence-corrected chi connectivity index (χ4v) is 4.57. The molecule has 194 valence electrons. The third-order valence-corrected chi connectivity index (χ3v) is 6.75. The van der Waals surface area contributed by atoms with Gasteiger partial charge in [0, 0.05) is 31.4 Å². The summed E-state index contributed by atoms with van der Waals surface area (Å²) in [6.07, 6.45) is 8.67. The van der Waals surface area contributed by atoms with E-state index in [1.165, 1.54) is 12.3 Å². The molecule has 1 atom stereocenters. The number of hydrogen-bond donors (Lipinski definition) is 3. The van der Waals surface area contributed by atoms with Crippen molar-refractivity contribution < 1.29 is 14.0 Å². The summed E-state index contributed by atoms with van der Waals surface area (Å²) in [5.41, 5.74) is 7.22. The van der Waals surface area contributed by atoms with Gasteiger partial charge in [-0.05, 0) is 63.1 Å². The number of carbonyl (C=O) groups is 2. The molecule has 2 fully saturated rings. The molecule has 1 aliphatic heterocycles. The molecule has 0 spiro atoms. The maximum absolute atomic E-state index is 14.6. The molecular weight excluding hydrogens is 475 g/mol. The predicted octanol–water partition coefficient (Wildman–Crippen LogP) is 3.51. The fourth-order valence-electron chi connectivity index (χ4n) is 4.57. The molecule has 4 N–H and O–H groups in total. The molecule has 0 bridgehead atoms. The van der Waals surface area contributed by atoms with Crippen LogP contribution in [0.1, 0.15) is 77.9 Å². The minimum atomic E-state index is -0.698. The number of amides is 2. The van der Waals surface area contributed by atoms with E-state index in [0.717, 1.165) is 31.2 Å². The number of piperidine rings is 1. The van der Waals surface area contributed by atoms with Crippen molar-refractivity contribution in [2.24, 2.45) is 5.73 Å². The van der Waals surface area contributed by atoms with E-state index in [4.69, 9.17) is 5.73 Å². The second-order valence-corrected chi connectivity index (χ2v) is 9.99. The molecular formula is C26H31FN8O2. The summed E-state index contributed by atoms with van der Waals surface area (Å²) in [7, 11) is 0. The summed E-state index contributed by atoms with van der Waals surface area (Å²) in [4.78, 5) is 35.7. The molecule has 3 aromatic rings. The zero-order valence-corrected chi connectivity index (χ0v) is 20.9. The standard InChI is InChI=1S/C26H31FN8O2/c1-15(2)35-14-19(11-30-35)31-25-23(24(28)36)29-12-22(33-25)34-9-3-4-18(13-34)32-26(37)20-8-7-17(10-21(20)27)16-5-6-16/h7-8,10-12,14-16,18H,3-6,9,13H2,1-2H3,(H2,28,36)(H,31,33)(H,32,37)/t18-/m1/s1. The van der Waals surface area contributed by atoms with Crippen LogP contribution in [0, 0.1) is 5.82 Å². The number of halogens is 1. The zero-order valence-electron chi connectivity index (χ0n) is 20.9. The average molecular weight is 507 g/mol. The highest BCUT2D eigenvalue weighted by Gasteiger charge is 2.27. The quantitative estimate of drug-likeness (QED) is 0.426. The highest BCUT2D eigenvalue weighted by Crippen LogP contribution is 2.40. The van der Waals surface area contributed by atoms with Crippen molar-refractivity contribution in [1.29, 1.82) is 0 Å². The Morgan fingerprint density at radius 1 is 1.19 bits per heavy atom. The smallest absolute Gasteiger partial charge is 0.271 e. The summed E-state index contributed by atoms with van der Waals surface area (Å²) in [5.74, 6) is -0.409. The number of hydrogen-bond acceptors (Lipinski definition) is 7. The summed E-state index contributed by atoms with van der Waals surface area (Å²) >= 11 is 0. The second kappa shape index (κ2) is 10.2. The Kier molecular flexibility index (Phi) is 6.77. The van der Waals surface area contributed by atoms with Gasteiger partial charge in [-0.25, -0.2) is 14.4 Å². The van der Waals surface area contributed by atoms with Crippen LogP contribution in [0.25, 0.3) is 0 Å². The van der Waals surface area contributed by atoms with Gasteiger partial charge in [-0.2, -0.15) is 5.10 Å². The first-order valence-corrected chi connectivity index (χ1v) is 12.6. The Bertz CT molecular complexity index is 1320. The molecule has 37 heavy (non-hydrogen) atoms. The van der Waals surface area contributed by atoms with Crippen LogP contribution in [0.2, 0.25) is 0 Å². The number of anilines is 3. The number of benzene rings is 1. The summed E-state index contributed by atoms with van der Waals surface area (Å²) in [6.45, 7) is 5.19. The number of nitrogens with two attached hydrogens (primary N) is 1. The predicted molar refractivity (Wildman–Crippen MR) is 138 cm³/mol. The van der Waals surface area contributed by atoms with Gasteiger partial charge < -0.3 is 21.3 Å². The van der Waals surface area contributed by atoms with E-state index in [1.807, 2.05) is 31.0 Å². The van der Waals surface area contributed by atoms with Crippen molar-refractivity contribution in [2.75, 3.05) is 23.3 Å². The van der Waals surface area contributed by atoms with Crippen LogP contribution in [0.5, 0.6) is 0 Å². The molecule has 0 unspecified atom stereocenters. The van der Waals surface area contributed by atoms with Gasteiger partial charge in [-0.1, -0.05) is 6.07 Å². The van der Waals surface area contributed by atoms with Crippen LogP contribution in [0.15, 0.2) is 36.8 Å². The Balaban J connectivity index is 1.29. The number of nitrogens with one attached hydrogen (secondary N) is 2. The monoisotopic (exact) mass is 506 g/mol. The van der Waals surface area contributed by atoms with Gasteiger partial charge in [0.2, 0.25) is 0 Å². The average Bonchev–Trinajstić information content (AvgIpc) is 3.62. The number of primary amides is 1. The van der Waals surface area contributed by atoms with Gasteiger partial charge in [0.15, 0.2) is 11.5 Å². The van der Waals surface area contributed by atoms with Gasteiger partial charge in [-0.3, -0.25) is 14.3 Å². The molecule has 1 aromatic carbocycles. The van der Waals surface area contributed by atoms with Crippen molar-refractivity contribution in [1.82, 2.24) is 25.1 Å². The lowest BCUT2D eigenvalue weighted by Crippen LogP contribution is -2.48. The van der Waals surface area contributed by atoms with Crippen LogP contribution in [0.3, 0.4) is 0 Å². The van der Waals surface area contributed by atoms with E-state index in [-0.39, 0.29) is 29.2 Å². The highest BCUT2D eigenvalue weighted by atomic mass is 19.1. The van der Waals surface area contributed by atoms with Gasteiger partial charge in [0.05, 0.1) is 23.6 Å². The number of carbonyl (C=O) groups excluding carboxylic acids is 2. The molecule has 5 rings (SSSR count). The Morgan fingerprint density at radius 3 is 2.68 bits per heavy atom. The van der Waals surface area contributed by atoms with Crippen molar-refractivity contribution in [3.05, 3.63) is 59.4 Å². The number of nitrogens with zero attached hydrogens (tertiary/aromatic N) is 5. The minimum Gasteiger partial charge on any atom is -0.364 e. The topological polar surface area (TPSA) is 131 Å². The molecule has 11 heteroatoms. The van der Waals surface area contributed by atoms with Crippen molar-refractivity contribution >= 4 is 29.1 Å². The Labute approximate surface area is 214 Å². The lowest BCUT2D eigenvalue weighted by atomic mass is 10.0. The van der Waals surface area contributed by atoms with Crippen molar-refractivity contribution in [3.63, 3.8) is 0 Å². The molecule has 3 heterocycles. The second-order valence-electron chi connectivity index (χ2n) is 9.99. The first-order valence-electron chi connectivity index (χ1n) is 12.6. The van der Waals surface area contributed by atoms with Crippen molar-refractivity contribution in [3.8, 4) is 0 Å². The highest BCUT2D eigenvalue weighted by molar-refractivity contribution is 5.96. The number of rotatable bonds is 8.